The van der Waals surface area contributed by atoms with Gasteiger partial charge in [0, 0.05) is 23.5 Å². The second-order valence-corrected chi connectivity index (χ2v) is 6.12. The van der Waals surface area contributed by atoms with Crippen molar-refractivity contribution in [2.75, 3.05) is 0 Å². The van der Waals surface area contributed by atoms with E-state index in [1.54, 1.807) is 23.5 Å². The van der Waals surface area contributed by atoms with Gasteiger partial charge < -0.3 is 5.32 Å². The number of halogens is 1. The number of nitro groups is 1. The minimum Gasteiger partial charge on any atom is -0.305 e. The summed E-state index contributed by atoms with van der Waals surface area (Å²) < 4.78 is 0. The average molecular weight is 325 g/mol. The topological polar surface area (TPSA) is 55.2 Å². The number of benzene rings is 1. The zero-order chi connectivity index (χ0) is 15.2. The van der Waals surface area contributed by atoms with Crippen molar-refractivity contribution in [2.24, 2.45) is 0 Å². The van der Waals surface area contributed by atoms with Crippen molar-refractivity contribution in [2.45, 2.75) is 32.4 Å². The van der Waals surface area contributed by atoms with Gasteiger partial charge >= 0.3 is 0 Å². The van der Waals surface area contributed by atoms with Gasteiger partial charge in [-0.1, -0.05) is 37.1 Å². The maximum atomic E-state index is 11.1. The summed E-state index contributed by atoms with van der Waals surface area (Å²) in [6, 6.07) is 9.08. The van der Waals surface area contributed by atoms with Gasteiger partial charge in [-0.3, -0.25) is 10.1 Å². The van der Waals surface area contributed by atoms with Crippen LogP contribution in [-0.4, -0.2) is 4.92 Å². The molecule has 2 rings (SSSR count). The fourth-order valence-electron chi connectivity index (χ4n) is 2.24. The first kappa shape index (κ1) is 15.9. The number of rotatable bonds is 7. The number of nitrogens with zero attached hydrogens (tertiary/aromatic N) is 1. The average Bonchev–Trinajstić information content (AvgIpc) is 2.98. The molecule has 0 aliphatic carbocycles. The van der Waals surface area contributed by atoms with Crippen molar-refractivity contribution >= 4 is 28.6 Å². The van der Waals surface area contributed by atoms with Gasteiger partial charge in [0.2, 0.25) is 0 Å². The van der Waals surface area contributed by atoms with Gasteiger partial charge in [0.25, 0.3) is 5.69 Å². The lowest BCUT2D eigenvalue weighted by Gasteiger charge is -2.17. The van der Waals surface area contributed by atoms with Crippen LogP contribution in [0, 0.1) is 10.1 Å². The molecule has 1 aromatic heterocycles. The first-order valence-corrected chi connectivity index (χ1v) is 8.07. The molecular formula is C15H17ClN2O2S. The Balaban J connectivity index is 2.16. The molecule has 1 heterocycles. The molecule has 1 unspecified atom stereocenters. The van der Waals surface area contributed by atoms with Crippen molar-refractivity contribution in [3.05, 3.63) is 61.3 Å². The van der Waals surface area contributed by atoms with Gasteiger partial charge in [-0.05, 0) is 23.9 Å². The summed E-state index contributed by atoms with van der Waals surface area (Å²) in [6.07, 6.45) is 2.03. The van der Waals surface area contributed by atoms with E-state index in [2.05, 4.69) is 18.3 Å². The number of nitrogens with one attached hydrogen (secondary N) is 1. The van der Waals surface area contributed by atoms with Crippen molar-refractivity contribution in [3.63, 3.8) is 0 Å². The van der Waals surface area contributed by atoms with Crippen LogP contribution in [-0.2, 0) is 6.54 Å². The molecule has 0 saturated carbocycles. The fraction of sp³-hybridized carbons (Fsp3) is 0.333. The van der Waals surface area contributed by atoms with Crippen LogP contribution >= 0.6 is 22.9 Å². The Kier molecular flexibility index (Phi) is 5.73. The maximum absolute atomic E-state index is 11.1. The lowest BCUT2D eigenvalue weighted by Crippen LogP contribution is -2.20. The number of nitro benzene ring substituents is 1. The van der Waals surface area contributed by atoms with Crippen molar-refractivity contribution in [1.82, 2.24) is 5.32 Å². The quantitative estimate of drug-likeness (QED) is 0.579. The molecule has 1 N–H and O–H groups in total. The van der Waals surface area contributed by atoms with Crippen molar-refractivity contribution < 1.29 is 4.92 Å². The Morgan fingerprint density at radius 3 is 2.81 bits per heavy atom. The van der Waals surface area contributed by atoms with Crippen LogP contribution in [0.15, 0.2) is 35.7 Å². The molecule has 0 fully saturated rings. The van der Waals surface area contributed by atoms with Crippen molar-refractivity contribution in [1.29, 1.82) is 0 Å². The van der Waals surface area contributed by atoms with Crippen LogP contribution in [0.2, 0.25) is 5.02 Å². The molecule has 0 aliphatic rings. The third-order valence-corrected chi connectivity index (χ3v) is 4.62. The van der Waals surface area contributed by atoms with Crippen LogP contribution in [0.3, 0.4) is 0 Å². The third kappa shape index (κ3) is 4.03. The highest BCUT2D eigenvalue weighted by Crippen LogP contribution is 2.28. The normalized spacial score (nSPS) is 12.3. The molecule has 4 nitrogen and oxygen atoms in total. The lowest BCUT2D eigenvalue weighted by molar-refractivity contribution is -0.385. The third-order valence-electron chi connectivity index (χ3n) is 3.28. The van der Waals surface area contributed by atoms with Gasteiger partial charge in [-0.25, -0.2) is 0 Å². The van der Waals surface area contributed by atoms with Crippen LogP contribution in [0.25, 0.3) is 0 Å². The first-order chi connectivity index (χ1) is 10.1. The summed E-state index contributed by atoms with van der Waals surface area (Å²) in [5.41, 5.74) is 0.609. The smallest absolute Gasteiger partial charge is 0.275 e. The van der Waals surface area contributed by atoms with E-state index in [0.29, 0.717) is 17.1 Å². The predicted octanol–water partition coefficient (Wildman–Crippen LogP) is 4.94. The molecule has 21 heavy (non-hydrogen) atoms. The van der Waals surface area contributed by atoms with Crippen LogP contribution in [0.4, 0.5) is 5.69 Å². The zero-order valence-corrected chi connectivity index (χ0v) is 13.3. The van der Waals surface area contributed by atoms with Gasteiger partial charge in [-0.15, -0.1) is 11.3 Å². The van der Waals surface area contributed by atoms with E-state index in [-0.39, 0.29) is 16.7 Å². The van der Waals surface area contributed by atoms with E-state index in [9.17, 15) is 10.1 Å². The van der Waals surface area contributed by atoms with Crippen LogP contribution in [0.5, 0.6) is 0 Å². The maximum Gasteiger partial charge on any atom is 0.275 e. The molecule has 0 bridgehead atoms. The number of hydrogen-bond acceptors (Lipinski definition) is 4. The largest absolute Gasteiger partial charge is 0.305 e. The highest BCUT2D eigenvalue weighted by atomic mass is 35.5. The van der Waals surface area contributed by atoms with Crippen LogP contribution < -0.4 is 5.32 Å². The molecule has 1 atom stereocenters. The Labute approximate surface area is 132 Å². The summed E-state index contributed by atoms with van der Waals surface area (Å²) in [4.78, 5) is 12.0. The highest BCUT2D eigenvalue weighted by molar-refractivity contribution is 7.10. The molecular weight excluding hydrogens is 308 g/mol. The minimum absolute atomic E-state index is 0.0661. The SMILES string of the molecule is CCCC(NCc1c(Cl)cccc1[N+](=O)[O-])c1cccs1. The first-order valence-electron chi connectivity index (χ1n) is 6.82. The van der Waals surface area contributed by atoms with E-state index in [1.807, 2.05) is 11.4 Å². The Hall–Kier alpha value is -1.43. The number of hydrogen-bond donors (Lipinski definition) is 1. The molecule has 1 aromatic carbocycles. The zero-order valence-electron chi connectivity index (χ0n) is 11.7. The van der Waals surface area contributed by atoms with E-state index < -0.39 is 0 Å². The molecule has 0 saturated heterocycles. The van der Waals surface area contributed by atoms with E-state index in [4.69, 9.17) is 11.6 Å². The predicted molar refractivity (Wildman–Crippen MR) is 86.9 cm³/mol. The van der Waals surface area contributed by atoms with E-state index in [0.717, 1.165) is 12.8 Å². The second-order valence-electron chi connectivity index (χ2n) is 4.73. The molecule has 0 spiro atoms. The molecule has 0 radical (unpaired) electrons. The Morgan fingerprint density at radius 1 is 1.38 bits per heavy atom. The standard InChI is InChI=1S/C15H17ClN2O2S/c1-2-5-13(15-8-4-9-21-15)17-10-11-12(16)6-3-7-14(11)18(19)20/h3-4,6-9,13,17H,2,5,10H2,1H3. The van der Waals surface area contributed by atoms with Crippen LogP contribution in [0.1, 0.15) is 36.2 Å². The lowest BCUT2D eigenvalue weighted by atomic mass is 10.1. The fourth-order valence-corrected chi connectivity index (χ4v) is 3.31. The monoisotopic (exact) mass is 324 g/mol. The molecule has 2 aromatic rings. The van der Waals surface area contributed by atoms with Gasteiger partial charge in [0.1, 0.15) is 0 Å². The van der Waals surface area contributed by atoms with Gasteiger partial charge in [0.05, 0.1) is 15.5 Å². The Morgan fingerprint density at radius 2 is 2.19 bits per heavy atom. The summed E-state index contributed by atoms with van der Waals surface area (Å²) in [7, 11) is 0. The molecule has 0 amide bonds. The second kappa shape index (κ2) is 7.54. The summed E-state index contributed by atoms with van der Waals surface area (Å²) in [6.45, 7) is 2.51. The summed E-state index contributed by atoms with van der Waals surface area (Å²) in [5.74, 6) is 0. The molecule has 0 aliphatic heterocycles. The van der Waals surface area contributed by atoms with E-state index >= 15 is 0 Å². The van der Waals surface area contributed by atoms with E-state index in [1.165, 1.54) is 10.9 Å². The molecule has 112 valence electrons. The Bertz CT molecular complexity index is 602. The van der Waals surface area contributed by atoms with Gasteiger partial charge in [-0.2, -0.15) is 0 Å². The summed E-state index contributed by atoms with van der Waals surface area (Å²) >= 11 is 7.81. The highest BCUT2D eigenvalue weighted by Gasteiger charge is 2.18. The van der Waals surface area contributed by atoms with Gasteiger partial charge in [0.15, 0.2) is 0 Å². The van der Waals surface area contributed by atoms with Crippen molar-refractivity contribution in [3.8, 4) is 0 Å². The summed E-state index contributed by atoms with van der Waals surface area (Å²) in [5, 5.41) is 17.0. The number of thiophene rings is 1. The molecule has 6 heteroatoms. The minimum atomic E-state index is -0.386.